The Morgan fingerprint density at radius 2 is 2.12 bits per heavy atom. The number of rotatable bonds is 5. The van der Waals surface area contributed by atoms with Gasteiger partial charge in [0.2, 0.25) is 5.91 Å². The van der Waals surface area contributed by atoms with Gasteiger partial charge in [0.05, 0.1) is 5.92 Å². The Labute approximate surface area is 143 Å². The van der Waals surface area contributed by atoms with Gasteiger partial charge in [-0.3, -0.25) is 14.4 Å². The van der Waals surface area contributed by atoms with Crippen molar-refractivity contribution >= 4 is 29.3 Å². The summed E-state index contributed by atoms with van der Waals surface area (Å²) in [6, 6.07) is 10.7. The lowest BCUT2D eigenvalue weighted by Crippen LogP contribution is -2.28. The predicted octanol–water partition coefficient (Wildman–Crippen LogP) is 1.52. The Morgan fingerprint density at radius 3 is 2.80 bits per heavy atom. The molecule has 0 unspecified atom stereocenters. The van der Waals surface area contributed by atoms with Gasteiger partial charge < -0.3 is 19.5 Å². The lowest BCUT2D eigenvalue weighted by atomic mass is 10.1. The van der Waals surface area contributed by atoms with E-state index >= 15 is 0 Å². The summed E-state index contributed by atoms with van der Waals surface area (Å²) in [6.07, 6.45) is 0.0673. The third kappa shape index (κ3) is 4.03. The summed E-state index contributed by atoms with van der Waals surface area (Å²) in [5.41, 5.74) is 0.738. The second-order valence-corrected chi connectivity index (χ2v) is 5.72. The van der Waals surface area contributed by atoms with Crippen molar-refractivity contribution in [2.24, 2.45) is 5.92 Å². The SMILES string of the molecule is Cc1cc(NC(=O)COC(=O)[C@@H]2CC(=O)N(c3ccccc3)C2)no1. The van der Waals surface area contributed by atoms with Gasteiger partial charge in [-0.05, 0) is 19.1 Å². The minimum absolute atomic E-state index is 0.0673. The van der Waals surface area contributed by atoms with E-state index in [1.807, 2.05) is 18.2 Å². The number of carbonyl (C=O) groups is 3. The number of esters is 1. The number of carbonyl (C=O) groups excluding carboxylic acids is 3. The number of ether oxygens (including phenoxy) is 1. The number of anilines is 2. The van der Waals surface area contributed by atoms with Crippen LogP contribution in [0.1, 0.15) is 12.2 Å². The maximum absolute atomic E-state index is 12.1. The van der Waals surface area contributed by atoms with Crippen molar-refractivity contribution in [2.45, 2.75) is 13.3 Å². The van der Waals surface area contributed by atoms with Crippen LogP contribution >= 0.6 is 0 Å². The second kappa shape index (κ2) is 7.16. The fourth-order valence-electron chi connectivity index (χ4n) is 2.58. The van der Waals surface area contributed by atoms with Crippen molar-refractivity contribution in [3.63, 3.8) is 0 Å². The summed E-state index contributed by atoms with van der Waals surface area (Å²) in [4.78, 5) is 37.5. The minimum Gasteiger partial charge on any atom is -0.455 e. The quantitative estimate of drug-likeness (QED) is 0.826. The molecule has 0 radical (unpaired) electrons. The van der Waals surface area contributed by atoms with Gasteiger partial charge in [-0.2, -0.15) is 0 Å². The van der Waals surface area contributed by atoms with Gasteiger partial charge >= 0.3 is 5.97 Å². The lowest BCUT2D eigenvalue weighted by molar-refractivity contribution is -0.151. The number of benzene rings is 1. The first-order valence-electron chi connectivity index (χ1n) is 7.78. The van der Waals surface area contributed by atoms with Gasteiger partial charge in [0.1, 0.15) is 5.76 Å². The zero-order valence-corrected chi connectivity index (χ0v) is 13.6. The number of para-hydroxylation sites is 1. The smallest absolute Gasteiger partial charge is 0.311 e. The number of nitrogens with zero attached hydrogens (tertiary/aromatic N) is 2. The van der Waals surface area contributed by atoms with Crippen LogP contribution in [0.3, 0.4) is 0 Å². The van der Waals surface area contributed by atoms with E-state index in [1.165, 1.54) is 0 Å². The molecule has 1 aliphatic rings. The van der Waals surface area contributed by atoms with Gasteiger partial charge in [0.25, 0.3) is 5.91 Å². The van der Waals surface area contributed by atoms with Crippen molar-refractivity contribution in [2.75, 3.05) is 23.4 Å². The van der Waals surface area contributed by atoms with Gasteiger partial charge in [-0.25, -0.2) is 0 Å². The van der Waals surface area contributed by atoms with Crippen molar-refractivity contribution in [1.82, 2.24) is 5.16 Å². The van der Waals surface area contributed by atoms with E-state index in [2.05, 4.69) is 10.5 Å². The summed E-state index contributed by atoms with van der Waals surface area (Å²) in [5, 5.41) is 6.07. The van der Waals surface area contributed by atoms with Crippen molar-refractivity contribution in [1.29, 1.82) is 0 Å². The zero-order chi connectivity index (χ0) is 17.8. The van der Waals surface area contributed by atoms with Gasteiger partial charge in [-0.15, -0.1) is 0 Å². The molecule has 25 heavy (non-hydrogen) atoms. The van der Waals surface area contributed by atoms with Crippen LogP contribution in [-0.2, 0) is 19.1 Å². The monoisotopic (exact) mass is 343 g/mol. The van der Waals surface area contributed by atoms with Crippen molar-refractivity contribution < 1.29 is 23.6 Å². The fraction of sp³-hybridized carbons (Fsp3) is 0.294. The van der Waals surface area contributed by atoms with Gasteiger partial charge in [-0.1, -0.05) is 23.4 Å². The molecule has 8 nitrogen and oxygen atoms in total. The van der Waals surface area contributed by atoms with Crippen molar-refractivity contribution in [3.05, 3.63) is 42.2 Å². The van der Waals surface area contributed by atoms with Crippen LogP contribution in [0.15, 0.2) is 40.9 Å². The highest BCUT2D eigenvalue weighted by atomic mass is 16.5. The first-order valence-corrected chi connectivity index (χ1v) is 7.78. The third-order valence-electron chi connectivity index (χ3n) is 3.77. The van der Waals surface area contributed by atoms with Crippen LogP contribution in [0, 0.1) is 12.8 Å². The number of aromatic nitrogens is 1. The number of amides is 2. The summed E-state index contributed by atoms with van der Waals surface area (Å²) in [5.74, 6) is -1.02. The summed E-state index contributed by atoms with van der Waals surface area (Å²) in [7, 11) is 0. The van der Waals surface area contributed by atoms with E-state index in [0.717, 1.165) is 5.69 Å². The van der Waals surface area contributed by atoms with E-state index in [-0.39, 0.29) is 24.7 Å². The van der Waals surface area contributed by atoms with Gasteiger partial charge in [0, 0.05) is 24.7 Å². The highest BCUT2D eigenvalue weighted by molar-refractivity contribution is 6.00. The molecule has 1 aromatic carbocycles. The summed E-state index contributed by atoms with van der Waals surface area (Å²) >= 11 is 0. The molecular formula is C17H17N3O5. The number of nitrogens with one attached hydrogen (secondary N) is 1. The van der Waals surface area contributed by atoms with Crippen LogP contribution in [-0.4, -0.2) is 36.1 Å². The standard InChI is InChI=1S/C17H17N3O5/c1-11-7-14(19-25-11)18-15(21)10-24-17(23)12-8-16(22)20(9-12)13-5-3-2-4-6-13/h2-7,12H,8-10H2,1H3,(H,18,19,21)/t12-/m1/s1. The molecule has 1 aromatic heterocycles. The molecule has 0 aliphatic carbocycles. The first-order chi connectivity index (χ1) is 12.0. The minimum atomic E-state index is -0.588. The maximum atomic E-state index is 12.1. The van der Waals surface area contributed by atoms with E-state index in [0.29, 0.717) is 5.76 Å². The van der Waals surface area contributed by atoms with Crippen LogP contribution in [0.5, 0.6) is 0 Å². The Balaban J connectivity index is 1.50. The zero-order valence-electron chi connectivity index (χ0n) is 13.6. The molecule has 1 fully saturated rings. The number of hydrogen-bond acceptors (Lipinski definition) is 6. The maximum Gasteiger partial charge on any atom is 0.311 e. The molecule has 1 saturated heterocycles. The topological polar surface area (TPSA) is 102 Å². The van der Waals surface area contributed by atoms with E-state index in [1.54, 1.807) is 30.0 Å². The third-order valence-corrected chi connectivity index (χ3v) is 3.77. The van der Waals surface area contributed by atoms with Crippen molar-refractivity contribution in [3.8, 4) is 0 Å². The Morgan fingerprint density at radius 1 is 1.36 bits per heavy atom. The van der Waals surface area contributed by atoms with Crippen LogP contribution in [0.25, 0.3) is 0 Å². The molecule has 1 atom stereocenters. The van der Waals surface area contributed by atoms with Crippen LogP contribution in [0.2, 0.25) is 0 Å². The molecule has 3 rings (SSSR count). The second-order valence-electron chi connectivity index (χ2n) is 5.72. The average Bonchev–Trinajstić information content (AvgIpc) is 3.19. The molecule has 130 valence electrons. The van der Waals surface area contributed by atoms with E-state index in [9.17, 15) is 14.4 Å². The molecule has 2 aromatic rings. The molecular weight excluding hydrogens is 326 g/mol. The van der Waals surface area contributed by atoms with E-state index in [4.69, 9.17) is 9.26 Å². The molecule has 0 saturated carbocycles. The Kier molecular flexibility index (Phi) is 4.78. The highest BCUT2D eigenvalue weighted by Gasteiger charge is 2.36. The highest BCUT2D eigenvalue weighted by Crippen LogP contribution is 2.25. The normalized spacial score (nSPS) is 16.8. The average molecular weight is 343 g/mol. The van der Waals surface area contributed by atoms with Crippen LogP contribution < -0.4 is 10.2 Å². The van der Waals surface area contributed by atoms with Gasteiger partial charge in [0.15, 0.2) is 12.4 Å². The summed E-state index contributed by atoms with van der Waals surface area (Å²) in [6.45, 7) is 1.49. The number of aryl methyl sites for hydroxylation is 1. The Hall–Kier alpha value is -3.16. The summed E-state index contributed by atoms with van der Waals surface area (Å²) < 4.78 is 9.83. The molecule has 1 N–H and O–H groups in total. The Bertz CT molecular complexity index is 787. The van der Waals surface area contributed by atoms with Crippen LogP contribution in [0.4, 0.5) is 11.5 Å². The first kappa shape index (κ1) is 16.7. The fourth-order valence-corrected chi connectivity index (χ4v) is 2.58. The predicted molar refractivity (Wildman–Crippen MR) is 87.7 cm³/mol. The largest absolute Gasteiger partial charge is 0.455 e. The molecule has 2 amide bonds. The number of hydrogen-bond donors (Lipinski definition) is 1. The molecule has 8 heteroatoms. The van der Waals surface area contributed by atoms with E-state index < -0.39 is 24.4 Å². The molecule has 0 bridgehead atoms. The molecule has 1 aliphatic heterocycles. The lowest BCUT2D eigenvalue weighted by Gasteiger charge is -2.16. The molecule has 0 spiro atoms. The molecule has 2 heterocycles.